The first-order valence-corrected chi connectivity index (χ1v) is 10.5. The van der Waals surface area contributed by atoms with E-state index in [1.807, 2.05) is 11.9 Å². The molecule has 0 saturated carbocycles. The maximum Gasteiger partial charge on any atom is 0.295 e. The number of ketones is 1. The number of likely N-dealkylation sites (N-methyl/N-ethyl adjacent to an activating group) is 1. The number of aliphatic hydroxyl groups excluding tert-OH is 1. The van der Waals surface area contributed by atoms with Crippen LogP contribution in [0.2, 0.25) is 0 Å². The van der Waals surface area contributed by atoms with Gasteiger partial charge in [-0.1, -0.05) is 6.07 Å². The predicted octanol–water partition coefficient (Wildman–Crippen LogP) is 2.30. The quantitative estimate of drug-likeness (QED) is 0.389. The molecule has 9 nitrogen and oxygen atoms in total. The lowest BCUT2D eigenvalue weighted by Crippen LogP contribution is -2.32. The van der Waals surface area contributed by atoms with E-state index >= 15 is 0 Å². The summed E-state index contributed by atoms with van der Waals surface area (Å²) in [6, 6.07) is 8.84. The lowest BCUT2D eigenvalue weighted by atomic mass is 9.94. The number of ether oxygens (including phenoxy) is 3. The first kappa shape index (κ1) is 22.5. The van der Waals surface area contributed by atoms with Gasteiger partial charge in [0.25, 0.3) is 11.7 Å². The van der Waals surface area contributed by atoms with E-state index in [1.165, 1.54) is 25.2 Å². The molecule has 33 heavy (non-hydrogen) atoms. The van der Waals surface area contributed by atoms with Crippen molar-refractivity contribution in [2.24, 2.45) is 0 Å². The molecule has 0 radical (unpaired) electrons. The Morgan fingerprint density at radius 3 is 2.67 bits per heavy atom. The average molecular weight is 454 g/mol. The summed E-state index contributed by atoms with van der Waals surface area (Å²) in [4.78, 5) is 29.3. The monoisotopic (exact) mass is 454 g/mol. The van der Waals surface area contributed by atoms with E-state index in [0.717, 1.165) is 5.69 Å². The summed E-state index contributed by atoms with van der Waals surface area (Å²) in [5.74, 6) is -1.04. The number of nitrogens with zero attached hydrogens (tertiary/aromatic N) is 2. The molecule has 2 aromatic rings. The molecule has 1 fully saturated rings. The summed E-state index contributed by atoms with van der Waals surface area (Å²) in [5, 5.41) is 21.6. The molecule has 0 bridgehead atoms. The van der Waals surface area contributed by atoms with Crippen LogP contribution in [0.1, 0.15) is 17.2 Å². The smallest absolute Gasteiger partial charge is 0.295 e. The van der Waals surface area contributed by atoms with Crippen molar-refractivity contribution in [3.63, 3.8) is 0 Å². The number of rotatable bonds is 6. The second-order valence-electron chi connectivity index (χ2n) is 7.87. The number of carbonyl (C=O) groups excluding carboxylic acids is 2. The Labute approximate surface area is 191 Å². The number of amides is 1. The number of likely N-dealkylation sites (tertiary alicyclic amines) is 1. The Hall–Kier alpha value is -3.72. The van der Waals surface area contributed by atoms with Crippen LogP contribution in [0.25, 0.3) is 5.76 Å². The van der Waals surface area contributed by atoms with Crippen LogP contribution in [0, 0.1) is 0 Å². The highest BCUT2D eigenvalue weighted by Crippen LogP contribution is 2.42. The van der Waals surface area contributed by atoms with Crippen molar-refractivity contribution in [1.82, 2.24) is 4.90 Å². The molecule has 4 rings (SSSR count). The van der Waals surface area contributed by atoms with Crippen LogP contribution >= 0.6 is 0 Å². The molecule has 9 heteroatoms. The lowest BCUT2D eigenvalue weighted by Gasteiger charge is -2.28. The van der Waals surface area contributed by atoms with Crippen molar-refractivity contribution in [2.75, 3.05) is 52.5 Å². The Morgan fingerprint density at radius 1 is 1.18 bits per heavy atom. The Balaban J connectivity index is 1.85. The number of anilines is 1. The molecule has 0 aliphatic carbocycles. The fourth-order valence-corrected chi connectivity index (χ4v) is 4.18. The van der Waals surface area contributed by atoms with Gasteiger partial charge in [-0.3, -0.25) is 9.59 Å². The van der Waals surface area contributed by atoms with E-state index in [1.54, 1.807) is 30.3 Å². The van der Waals surface area contributed by atoms with E-state index in [-0.39, 0.29) is 36.0 Å². The highest BCUT2D eigenvalue weighted by Gasteiger charge is 2.46. The number of hydrogen-bond acceptors (Lipinski definition) is 8. The second kappa shape index (κ2) is 9.03. The molecule has 2 heterocycles. The minimum Gasteiger partial charge on any atom is -0.507 e. The van der Waals surface area contributed by atoms with E-state index in [4.69, 9.17) is 14.2 Å². The van der Waals surface area contributed by atoms with Crippen LogP contribution in [-0.4, -0.2) is 74.4 Å². The number of hydrogen-bond donors (Lipinski definition) is 2. The molecule has 1 unspecified atom stereocenters. The number of aromatic hydroxyl groups is 1. The van der Waals surface area contributed by atoms with Gasteiger partial charge in [0.15, 0.2) is 11.5 Å². The van der Waals surface area contributed by atoms with Crippen molar-refractivity contribution >= 4 is 23.1 Å². The van der Waals surface area contributed by atoms with Crippen LogP contribution < -0.4 is 14.4 Å². The number of fused-ring (bicyclic) bond motifs is 1. The minimum absolute atomic E-state index is 0.0556. The Kier molecular flexibility index (Phi) is 6.15. The zero-order valence-corrected chi connectivity index (χ0v) is 18.7. The molecule has 1 saturated heterocycles. The van der Waals surface area contributed by atoms with Gasteiger partial charge < -0.3 is 34.2 Å². The maximum absolute atomic E-state index is 13.1. The molecule has 2 N–H and O–H groups in total. The van der Waals surface area contributed by atoms with Crippen molar-refractivity contribution in [3.05, 3.63) is 53.1 Å². The lowest BCUT2D eigenvalue weighted by molar-refractivity contribution is -0.140. The SMILES string of the molecule is COCCN1C(=O)C(=O)/C(=C(\O)c2ccc3c(c2)N(C)CCO3)C1c1ccc(OC)c(O)c1. The summed E-state index contributed by atoms with van der Waals surface area (Å²) >= 11 is 0. The van der Waals surface area contributed by atoms with E-state index in [0.29, 0.717) is 30.0 Å². The summed E-state index contributed by atoms with van der Waals surface area (Å²) in [5.41, 5.74) is 1.57. The zero-order chi connectivity index (χ0) is 23.7. The van der Waals surface area contributed by atoms with Gasteiger partial charge in [-0.25, -0.2) is 0 Å². The predicted molar refractivity (Wildman–Crippen MR) is 121 cm³/mol. The molecule has 174 valence electrons. The van der Waals surface area contributed by atoms with E-state index < -0.39 is 17.7 Å². The molecule has 1 atom stereocenters. The van der Waals surface area contributed by atoms with Gasteiger partial charge in [0.05, 0.1) is 37.6 Å². The van der Waals surface area contributed by atoms with Crippen molar-refractivity contribution in [3.8, 4) is 17.2 Å². The summed E-state index contributed by atoms with van der Waals surface area (Å²) in [6.07, 6.45) is 0. The first-order chi connectivity index (χ1) is 15.9. The van der Waals surface area contributed by atoms with Crippen LogP contribution in [0.3, 0.4) is 0 Å². The number of benzene rings is 2. The molecule has 1 amide bonds. The number of Topliss-reactive ketones (excluding diaryl/α,β-unsaturated/α-hetero) is 1. The van der Waals surface area contributed by atoms with E-state index in [9.17, 15) is 19.8 Å². The summed E-state index contributed by atoms with van der Waals surface area (Å²) < 4.78 is 15.9. The van der Waals surface area contributed by atoms with Crippen molar-refractivity contribution < 1.29 is 34.0 Å². The fraction of sp³-hybridized carbons (Fsp3) is 0.333. The molecule has 2 aliphatic rings. The molecular weight excluding hydrogens is 428 g/mol. The van der Waals surface area contributed by atoms with Crippen molar-refractivity contribution in [2.45, 2.75) is 6.04 Å². The van der Waals surface area contributed by atoms with E-state index in [2.05, 4.69) is 0 Å². The minimum atomic E-state index is -0.901. The molecule has 0 spiro atoms. The van der Waals surface area contributed by atoms with Crippen LogP contribution in [0.5, 0.6) is 17.2 Å². The first-order valence-electron chi connectivity index (χ1n) is 10.5. The Morgan fingerprint density at radius 2 is 1.97 bits per heavy atom. The van der Waals surface area contributed by atoms with Gasteiger partial charge in [-0.2, -0.15) is 0 Å². The van der Waals surface area contributed by atoms with Crippen LogP contribution in [-0.2, 0) is 14.3 Å². The number of aliphatic hydroxyl groups is 1. The van der Waals surface area contributed by atoms with Gasteiger partial charge in [0.2, 0.25) is 0 Å². The number of methoxy groups -OCH3 is 2. The molecule has 0 aromatic heterocycles. The number of carbonyl (C=O) groups is 2. The van der Waals surface area contributed by atoms with Crippen molar-refractivity contribution in [1.29, 1.82) is 0 Å². The van der Waals surface area contributed by atoms with Gasteiger partial charge >= 0.3 is 0 Å². The largest absolute Gasteiger partial charge is 0.507 e. The molecule has 2 aliphatic heterocycles. The third kappa shape index (κ3) is 3.95. The fourth-order valence-electron chi connectivity index (χ4n) is 4.18. The third-order valence-corrected chi connectivity index (χ3v) is 5.92. The summed E-state index contributed by atoms with van der Waals surface area (Å²) in [6.45, 7) is 1.58. The average Bonchev–Trinajstić information content (AvgIpc) is 3.07. The topological polar surface area (TPSA) is 109 Å². The van der Waals surface area contributed by atoms with Crippen LogP contribution in [0.4, 0.5) is 5.69 Å². The third-order valence-electron chi connectivity index (χ3n) is 5.92. The van der Waals surface area contributed by atoms with Crippen LogP contribution in [0.15, 0.2) is 42.0 Å². The molecule has 2 aromatic carbocycles. The zero-order valence-electron chi connectivity index (χ0n) is 18.7. The number of phenolic OH excluding ortho intramolecular Hbond substituents is 1. The van der Waals surface area contributed by atoms with Gasteiger partial charge in [0.1, 0.15) is 18.1 Å². The normalized spacial score (nSPS) is 19.4. The second-order valence-corrected chi connectivity index (χ2v) is 7.87. The highest BCUT2D eigenvalue weighted by atomic mass is 16.5. The molecular formula is C24H26N2O7. The number of phenols is 1. The van der Waals surface area contributed by atoms with Gasteiger partial charge in [-0.15, -0.1) is 0 Å². The van der Waals surface area contributed by atoms with Gasteiger partial charge in [0, 0.05) is 26.3 Å². The summed E-state index contributed by atoms with van der Waals surface area (Å²) in [7, 11) is 4.84. The highest BCUT2D eigenvalue weighted by molar-refractivity contribution is 6.46. The maximum atomic E-state index is 13.1. The Bertz CT molecular complexity index is 1130. The van der Waals surface area contributed by atoms with Gasteiger partial charge in [-0.05, 0) is 35.9 Å². The standard InChI is InChI=1S/C24H26N2O7/c1-25-8-11-33-18-6-5-15(12-16(18)25)22(28)20-21(14-4-7-19(32-3)17(27)13-14)26(9-10-31-2)24(30)23(20)29/h4-7,12-13,21,27-28H,8-11H2,1-3H3/b22-20-.